The molecule has 0 aliphatic carbocycles. The lowest BCUT2D eigenvalue weighted by Crippen LogP contribution is -1.95. The lowest BCUT2D eigenvalue weighted by molar-refractivity contribution is -0.141. The van der Waals surface area contributed by atoms with Crippen molar-refractivity contribution in [1.82, 2.24) is 4.98 Å². The molecule has 1 aliphatic heterocycles. The topological polar surface area (TPSA) is 39.2 Å². The van der Waals surface area contributed by atoms with Gasteiger partial charge in [-0.2, -0.15) is 0 Å². The van der Waals surface area contributed by atoms with Gasteiger partial charge in [0.1, 0.15) is 6.10 Å². The minimum absolute atomic E-state index is 0.0185. The van der Waals surface area contributed by atoms with Gasteiger partial charge in [-0.05, 0) is 6.42 Å². The van der Waals surface area contributed by atoms with Gasteiger partial charge in [0, 0.05) is 12.6 Å². The number of carbonyl (C=O) groups excluding carboxylic acids is 1. The Morgan fingerprint density at radius 2 is 2.64 bits per heavy atom. The Labute approximate surface area is 68.0 Å². The summed E-state index contributed by atoms with van der Waals surface area (Å²) in [6, 6.07) is 0. The Hall–Kier alpha value is -0.900. The highest BCUT2D eigenvalue weighted by Gasteiger charge is 2.25. The van der Waals surface area contributed by atoms with Gasteiger partial charge in [-0.15, -0.1) is 11.3 Å². The SMILES string of the molecule is O=C1CCC(c2cncs2)O1. The number of hydrogen-bond donors (Lipinski definition) is 0. The maximum atomic E-state index is 10.7. The minimum Gasteiger partial charge on any atom is -0.457 e. The molecule has 1 aliphatic rings. The lowest BCUT2D eigenvalue weighted by Gasteiger charge is -2.03. The zero-order valence-corrected chi connectivity index (χ0v) is 6.63. The smallest absolute Gasteiger partial charge is 0.306 e. The largest absolute Gasteiger partial charge is 0.457 e. The van der Waals surface area contributed by atoms with Gasteiger partial charge >= 0.3 is 5.97 Å². The number of esters is 1. The zero-order chi connectivity index (χ0) is 7.68. The lowest BCUT2D eigenvalue weighted by atomic mass is 10.2. The molecule has 1 atom stereocenters. The van der Waals surface area contributed by atoms with Gasteiger partial charge in [-0.3, -0.25) is 9.78 Å². The van der Waals surface area contributed by atoms with E-state index in [0.717, 1.165) is 11.3 Å². The average molecular weight is 169 g/mol. The molecule has 1 saturated heterocycles. The molecule has 1 unspecified atom stereocenters. The summed E-state index contributed by atoms with van der Waals surface area (Å²) in [5.74, 6) is -0.0941. The molecule has 0 amide bonds. The highest BCUT2D eigenvalue weighted by Crippen LogP contribution is 2.31. The number of aromatic nitrogens is 1. The average Bonchev–Trinajstić information content (AvgIpc) is 2.55. The van der Waals surface area contributed by atoms with Gasteiger partial charge in [0.05, 0.1) is 10.4 Å². The standard InChI is InChI=1S/C7H7NO2S/c9-7-2-1-5(10-7)6-3-8-4-11-6/h3-5H,1-2H2. The Morgan fingerprint density at radius 1 is 1.73 bits per heavy atom. The van der Waals surface area contributed by atoms with Crippen molar-refractivity contribution in [3.8, 4) is 0 Å². The first-order valence-corrected chi connectivity index (χ1v) is 4.32. The van der Waals surface area contributed by atoms with E-state index < -0.39 is 0 Å². The number of rotatable bonds is 1. The van der Waals surface area contributed by atoms with Crippen LogP contribution in [0.25, 0.3) is 0 Å². The van der Waals surface area contributed by atoms with Crippen molar-refractivity contribution in [2.75, 3.05) is 0 Å². The summed E-state index contributed by atoms with van der Waals surface area (Å²) in [7, 11) is 0. The molecule has 11 heavy (non-hydrogen) atoms. The summed E-state index contributed by atoms with van der Waals surface area (Å²) in [4.78, 5) is 15.7. The Kier molecular flexibility index (Phi) is 1.62. The van der Waals surface area contributed by atoms with Crippen LogP contribution in [0.5, 0.6) is 0 Å². The maximum absolute atomic E-state index is 10.7. The van der Waals surface area contributed by atoms with E-state index in [2.05, 4.69) is 4.98 Å². The summed E-state index contributed by atoms with van der Waals surface area (Å²) < 4.78 is 5.04. The first-order valence-electron chi connectivity index (χ1n) is 3.44. The molecule has 1 aromatic rings. The van der Waals surface area contributed by atoms with Crippen LogP contribution >= 0.6 is 11.3 Å². The summed E-state index contributed by atoms with van der Waals surface area (Å²) >= 11 is 1.53. The van der Waals surface area contributed by atoms with Gasteiger partial charge in [-0.25, -0.2) is 0 Å². The second-order valence-corrected chi connectivity index (χ2v) is 3.34. The monoisotopic (exact) mass is 169 g/mol. The highest BCUT2D eigenvalue weighted by molar-refractivity contribution is 7.09. The fraction of sp³-hybridized carbons (Fsp3) is 0.429. The van der Waals surface area contributed by atoms with Crippen LogP contribution < -0.4 is 0 Å². The number of carbonyl (C=O) groups is 1. The Bertz CT molecular complexity index is 257. The van der Waals surface area contributed by atoms with Crippen molar-refractivity contribution >= 4 is 17.3 Å². The van der Waals surface area contributed by atoms with Crippen molar-refractivity contribution in [2.45, 2.75) is 18.9 Å². The molecule has 2 rings (SSSR count). The molecule has 1 fully saturated rings. The van der Waals surface area contributed by atoms with Gasteiger partial charge in [0.2, 0.25) is 0 Å². The van der Waals surface area contributed by atoms with Gasteiger partial charge in [0.25, 0.3) is 0 Å². The first kappa shape index (κ1) is 6.79. The number of hydrogen-bond acceptors (Lipinski definition) is 4. The molecule has 0 N–H and O–H groups in total. The third-order valence-electron chi connectivity index (χ3n) is 1.65. The van der Waals surface area contributed by atoms with Crippen LogP contribution in [0.1, 0.15) is 23.8 Å². The summed E-state index contributed by atoms with van der Waals surface area (Å²) in [5, 5.41) is 0. The van der Waals surface area contributed by atoms with Gasteiger partial charge < -0.3 is 4.74 Å². The molecule has 4 heteroatoms. The molecule has 0 aromatic carbocycles. The van der Waals surface area contributed by atoms with Gasteiger partial charge in [-0.1, -0.05) is 0 Å². The van der Waals surface area contributed by atoms with Crippen molar-refractivity contribution in [3.63, 3.8) is 0 Å². The van der Waals surface area contributed by atoms with E-state index in [-0.39, 0.29) is 12.1 Å². The molecule has 2 heterocycles. The molecule has 0 spiro atoms. The number of ether oxygens (including phenoxy) is 1. The summed E-state index contributed by atoms with van der Waals surface area (Å²) in [6.45, 7) is 0. The first-order chi connectivity index (χ1) is 5.36. The quantitative estimate of drug-likeness (QED) is 0.598. The second-order valence-electron chi connectivity index (χ2n) is 2.42. The second kappa shape index (κ2) is 2.62. The van der Waals surface area contributed by atoms with E-state index in [9.17, 15) is 4.79 Å². The Morgan fingerprint density at radius 3 is 3.18 bits per heavy atom. The molecule has 0 saturated carbocycles. The number of cyclic esters (lactones) is 1. The van der Waals surface area contributed by atoms with E-state index in [1.54, 1.807) is 11.7 Å². The van der Waals surface area contributed by atoms with E-state index >= 15 is 0 Å². The molecule has 1 aromatic heterocycles. The maximum Gasteiger partial charge on any atom is 0.306 e. The molecule has 0 radical (unpaired) electrons. The van der Waals surface area contributed by atoms with Crippen LogP contribution in [-0.4, -0.2) is 11.0 Å². The normalized spacial score (nSPS) is 23.6. The van der Waals surface area contributed by atoms with E-state index in [1.165, 1.54) is 11.3 Å². The van der Waals surface area contributed by atoms with Crippen LogP contribution in [-0.2, 0) is 9.53 Å². The highest BCUT2D eigenvalue weighted by atomic mass is 32.1. The van der Waals surface area contributed by atoms with Gasteiger partial charge in [0.15, 0.2) is 0 Å². The van der Waals surface area contributed by atoms with Crippen molar-refractivity contribution < 1.29 is 9.53 Å². The van der Waals surface area contributed by atoms with Crippen LogP contribution in [0.4, 0.5) is 0 Å². The van der Waals surface area contributed by atoms with Crippen molar-refractivity contribution in [1.29, 1.82) is 0 Å². The molecular weight excluding hydrogens is 162 g/mol. The Balaban J connectivity index is 2.13. The fourth-order valence-electron chi connectivity index (χ4n) is 1.11. The number of nitrogens with zero attached hydrogens (tertiary/aromatic N) is 1. The fourth-order valence-corrected chi connectivity index (χ4v) is 1.79. The predicted octanol–water partition coefficient (Wildman–Crippen LogP) is 1.52. The van der Waals surface area contributed by atoms with Crippen LogP contribution in [0.2, 0.25) is 0 Å². The van der Waals surface area contributed by atoms with Crippen LogP contribution in [0.3, 0.4) is 0 Å². The third kappa shape index (κ3) is 1.26. The van der Waals surface area contributed by atoms with Crippen LogP contribution in [0.15, 0.2) is 11.7 Å². The van der Waals surface area contributed by atoms with Crippen LogP contribution in [0, 0.1) is 0 Å². The predicted molar refractivity (Wildman–Crippen MR) is 40.2 cm³/mol. The molecular formula is C7H7NO2S. The summed E-state index contributed by atoms with van der Waals surface area (Å²) in [5.41, 5.74) is 1.75. The third-order valence-corrected chi connectivity index (χ3v) is 2.52. The van der Waals surface area contributed by atoms with Crippen molar-refractivity contribution in [3.05, 3.63) is 16.6 Å². The molecule has 3 nitrogen and oxygen atoms in total. The van der Waals surface area contributed by atoms with E-state index in [0.29, 0.717) is 6.42 Å². The minimum atomic E-state index is -0.0941. The number of thiazole rings is 1. The molecule has 58 valence electrons. The molecule has 0 bridgehead atoms. The zero-order valence-electron chi connectivity index (χ0n) is 5.82. The van der Waals surface area contributed by atoms with E-state index in [1.807, 2.05) is 0 Å². The summed E-state index contributed by atoms with van der Waals surface area (Å²) in [6.07, 6.45) is 3.09. The van der Waals surface area contributed by atoms with E-state index in [4.69, 9.17) is 4.74 Å². The van der Waals surface area contributed by atoms with Crippen molar-refractivity contribution in [2.24, 2.45) is 0 Å².